The molecular weight excluding hydrogens is 288 g/mol. The molecule has 0 radical (unpaired) electrons. The van der Waals surface area contributed by atoms with Crippen molar-refractivity contribution in [1.29, 1.82) is 0 Å². The molecule has 2 unspecified atom stereocenters. The Labute approximate surface area is 131 Å². The number of nitrogens with one attached hydrogen (secondary N) is 2. The molecular formula is C15H23ClN4O. The molecule has 2 atom stereocenters. The lowest BCUT2D eigenvalue weighted by atomic mass is 9.94. The van der Waals surface area contributed by atoms with Gasteiger partial charge in [0.25, 0.3) is 5.91 Å². The summed E-state index contributed by atoms with van der Waals surface area (Å²) in [6, 6.07) is 3.66. The normalized spacial score (nSPS) is 22.9. The molecule has 1 aromatic heterocycles. The summed E-state index contributed by atoms with van der Waals surface area (Å²) >= 11 is 6.11. The van der Waals surface area contributed by atoms with Crippen molar-refractivity contribution in [2.45, 2.75) is 26.3 Å². The third kappa shape index (κ3) is 4.08. The van der Waals surface area contributed by atoms with Gasteiger partial charge in [-0.05, 0) is 45.0 Å². The predicted molar refractivity (Wildman–Crippen MR) is 85.9 cm³/mol. The van der Waals surface area contributed by atoms with Crippen LogP contribution in [0.15, 0.2) is 12.1 Å². The van der Waals surface area contributed by atoms with E-state index in [1.165, 1.54) is 0 Å². The van der Waals surface area contributed by atoms with Gasteiger partial charge in [0.2, 0.25) is 0 Å². The number of nitrogens with zero attached hydrogens (tertiary/aromatic N) is 2. The van der Waals surface area contributed by atoms with Gasteiger partial charge in [0.15, 0.2) is 0 Å². The standard InChI is InChI=1S/C15H23ClN4O/c1-4-17-13-6-5-11(16)14(19-13)15(21)18-12-7-8-20(3)9-10(12)2/h5-6,10,12H,4,7-9H2,1-3H3,(H,17,19)(H,18,21). The second-order valence-corrected chi connectivity index (χ2v) is 6.07. The molecule has 116 valence electrons. The summed E-state index contributed by atoms with van der Waals surface area (Å²) in [5.74, 6) is 0.896. The summed E-state index contributed by atoms with van der Waals surface area (Å²) in [4.78, 5) is 19.0. The fourth-order valence-electron chi connectivity index (χ4n) is 2.69. The van der Waals surface area contributed by atoms with E-state index in [4.69, 9.17) is 11.6 Å². The average Bonchev–Trinajstić information content (AvgIpc) is 2.44. The number of aromatic nitrogens is 1. The number of carbonyl (C=O) groups excluding carboxylic acids is 1. The Morgan fingerprint density at radius 1 is 1.52 bits per heavy atom. The quantitative estimate of drug-likeness (QED) is 0.895. The summed E-state index contributed by atoms with van der Waals surface area (Å²) in [6.07, 6.45) is 0.952. The van der Waals surface area contributed by atoms with Crippen molar-refractivity contribution < 1.29 is 4.79 Å². The monoisotopic (exact) mass is 310 g/mol. The van der Waals surface area contributed by atoms with Crippen LogP contribution in [0.5, 0.6) is 0 Å². The minimum atomic E-state index is -0.193. The zero-order chi connectivity index (χ0) is 15.4. The Kier molecular flexibility index (Phi) is 5.42. The summed E-state index contributed by atoms with van der Waals surface area (Å²) < 4.78 is 0. The zero-order valence-electron chi connectivity index (χ0n) is 12.8. The Morgan fingerprint density at radius 3 is 2.95 bits per heavy atom. The maximum Gasteiger partial charge on any atom is 0.271 e. The first-order chi connectivity index (χ1) is 10.0. The van der Waals surface area contributed by atoms with Crippen LogP contribution >= 0.6 is 11.6 Å². The first-order valence-corrected chi connectivity index (χ1v) is 7.79. The number of hydrogen-bond acceptors (Lipinski definition) is 4. The van der Waals surface area contributed by atoms with Crippen LogP contribution in [0.1, 0.15) is 30.8 Å². The van der Waals surface area contributed by atoms with Gasteiger partial charge in [-0.15, -0.1) is 0 Å². The van der Waals surface area contributed by atoms with Crippen LogP contribution in [-0.2, 0) is 0 Å². The summed E-state index contributed by atoms with van der Waals surface area (Å²) in [7, 11) is 2.10. The third-order valence-corrected chi connectivity index (χ3v) is 4.15. The molecule has 1 fully saturated rings. The van der Waals surface area contributed by atoms with Gasteiger partial charge < -0.3 is 15.5 Å². The van der Waals surface area contributed by atoms with Crippen LogP contribution < -0.4 is 10.6 Å². The van der Waals surface area contributed by atoms with Crippen molar-refractivity contribution in [2.75, 3.05) is 32.0 Å². The molecule has 21 heavy (non-hydrogen) atoms. The van der Waals surface area contributed by atoms with Crippen LogP contribution in [0.3, 0.4) is 0 Å². The number of halogens is 1. The molecule has 0 bridgehead atoms. The third-order valence-electron chi connectivity index (χ3n) is 3.84. The van der Waals surface area contributed by atoms with Crippen LogP contribution in [-0.4, -0.2) is 48.5 Å². The SMILES string of the molecule is CCNc1ccc(Cl)c(C(=O)NC2CCN(C)CC2C)n1. The molecule has 1 amide bonds. The highest BCUT2D eigenvalue weighted by Crippen LogP contribution is 2.19. The number of amides is 1. The second-order valence-electron chi connectivity index (χ2n) is 5.67. The topological polar surface area (TPSA) is 57.3 Å². The van der Waals surface area contributed by atoms with Crippen LogP contribution in [0.2, 0.25) is 5.02 Å². The number of carbonyl (C=O) groups is 1. The van der Waals surface area contributed by atoms with Gasteiger partial charge in [-0.2, -0.15) is 0 Å². The van der Waals surface area contributed by atoms with Crippen molar-refractivity contribution in [3.05, 3.63) is 22.8 Å². The minimum absolute atomic E-state index is 0.175. The van der Waals surface area contributed by atoms with E-state index < -0.39 is 0 Å². The van der Waals surface area contributed by atoms with Crippen molar-refractivity contribution >= 4 is 23.3 Å². The Bertz CT molecular complexity index is 508. The highest BCUT2D eigenvalue weighted by atomic mass is 35.5. The summed E-state index contributed by atoms with van der Waals surface area (Å²) in [5.41, 5.74) is 0.293. The molecule has 2 rings (SSSR count). The number of hydrogen-bond donors (Lipinski definition) is 2. The van der Waals surface area contributed by atoms with E-state index in [-0.39, 0.29) is 11.9 Å². The summed E-state index contributed by atoms with van der Waals surface area (Å²) in [6.45, 7) is 6.88. The number of anilines is 1. The van der Waals surface area contributed by atoms with Crippen molar-refractivity contribution in [2.24, 2.45) is 5.92 Å². The lowest BCUT2D eigenvalue weighted by Gasteiger charge is -2.35. The van der Waals surface area contributed by atoms with Crippen molar-refractivity contribution in [3.8, 4) is 0 Å². The van der Waals surface area contributed by atoms with E-state index in [1.54, 1.807) is 12.1 Å². The first kappa shape index (κ1) is 16.0. The highest BCUT2D eigenvalue weighted by molar-refractivity contribution is 6.33. The van der Waals surface area contributed by atoms with E-state index >= 15 is 0 Å². The van der Waals surface area contributed by atoms with E-state index in [2.05, 4.69) is 34.5 Å². The number of likely N-dealkylation sites (tertiary alicyclic amines) is 1. The Morgan fingerprint density at radius 2 is 2.29 bits per heavy atom. The Balaban J connectivity index is 2.07. The largest absolute Gasteiger partial charge is 0.370 e. The molecule has 1 aliphatic rings. The van der Waals surface area contributed by atoms with E-state index in [0.29, 0.717) is 22.5 Å². The van der Waals surface area contributed by atoms with Gasteiger partial charge in [0.1, 0.15) is 11.5 Å². The molecule has 0 saturated carbocycles. The first-order valence-electron chi connectivity index (χ1n) is 7.41. The van der Waals surface area contributed by atoms with Gasteiger partial charge >= 0.3 is 0 Å². The minimum Gasteiger partial charge on any atom is -0.370 e. The van der Waals surface area contributed by atoms with Crippen LogP contribution in [0.4, 0.5) is 5.82 Å². The van der Waals surface area contributed by atoms with Gasteiger partial charge in [0.05, 0.1) is 5.02 Å². The molecule has 6 heteroatoms. The summed E-state index contributed by atoms with van der Waals surface area (Å²) in [5, 5.41) is 6.55. The number of rotatable bonds is 4. The highest BCUT2D eigenvalue weighted by Gasteiger charge is 2.26. The van der Waals surface area contributed by atoms with Crippen LogP contribution in [0.25, 0.3) is 0 Å². The molecule has 2 N–H and O–H groups in total. The molecule has 0 aliphatic carbocycles. The smallest absolute Gasteiger partial charge is 0.271 e. The van der Waals surface area contributed by atoms with E-state index in [9.17, 15) is 4.79 Å². The molecule has 1 saturated heterocycles. The zero-order valence-corrected chi connectivity index (χ0v) is 13.6. The average molecular weight is 311 g/mol. The van der Waals surface area contributed by atoms with Gasteiger partial charge in [-0.25, -0.2) is 4.98 Å². The van der Waals surface area contributed by atoms with Crippen molar-refractivity contribution in [1.82, 2.24) is 15.2 Å². The molecule has 2 heterocycles. The number of piperidine rings is 1. The molecule has 5 nitrogen and oxygen atoms in total. The molecule has 0 aromatic carbocycles. The van der Waals surface area contributed by atoms with E-state index in [0.717, 1.165) is 26.1 Å². The van der Waals surface area contributed by atoms with Crippen LogP contribution in [0, 0.1) is 5.92 Å². The van der Waals surface area contributed by atoms with Gasteiger partial charge in [-0.1, -0.05) is 18.5 Å². The maximum atomic E-state index is 12.4. The maximum absolute atomic E-state index is 12.4. The van der Waals surface area contributed by atoms with Gasteiger partial charge in [0, 0.05) is 19.1 Å². The fraction of sp³-hybridized carbons (Fsp3) is 0.600. The fourth-order valence-corrected chi connectivity index (χ4v) is 2.88. The Hall–Kier alpha value is -1.33. The lowest BCUT2D eigenvalue weighted by molar-refractivity contribution is 0.0879. The molecule has 0 spiro atoms. The van der Waals surface area contributed by atoms with Gasteiger partial charge in [-0.3, -0.25) is 4.79 Å². The lowest BCUT2D eigenvalue weighted by Crippen LogP contribution is -2.49. The molecule has 1 aromatic rings. The van der Waals surface area contributed by atoms with Crippen molar-refractivity contribution in [3.63, 3.8) is 0 Å². The second kappa shape index (κ2) is 7.09. The predicted octanol–water partition coefficient (Wildman–Crippen LogP) is 2.24. The van der Waals surface area contributed by atoms with E-state index in [1.807, 2.05) is 6.92 Å². The number of pyridine rings is 1. The molecule has 1 aliphatic heterocycles.